The normalized spacial score (nSPS) is 14.1. The van der Waals surface area contributed by atoms with Gasteiger partial charge in [0.05, 0.1) is 18.3 Å². The quantitative estimate of drug-likeness (QED) is 0.384. The van der Waals surface area contributed by atoms with Crippen molar-refractivity contribution >= 4 is 18.0 Å². The average Bonchev–Trinajstić information content (AvgIpc) is 3.21. The first kappa shape index (κ1) is 23.0. The summed E-state index contributed by atoms with van der Waals surface area (Å²) in [4.78, 5) is 9.02. The second-order valence-corrected chi connectivity index (χ2v) is 9.27. The van der Waals surface area contributed by atoms with Crippen LogP contribution in [0.3, 0.4) is 0 Å². The molecule has 0 amide bonds. The molecule has 8 heteroatoms. The lowest BCUT2D eigenvalue weighted by Gasteiger charge is -2.35. The van der Waals surface area contributed by atoms with Gasteiger partial charge in [-0.1, -0.05) is 47.5 Å². The summed E-state index contributed by atoms with van der Waals surface area (Å²) in [6.45, 7) is 8.17. The Morgan fingerprint density at radius 1 is 0.914 bits per heavy atom. The van der Waals surface area contributed by atoms with Crippen molar-refractivity contribution in [3.05, 3.63) is 88.3 Å². The Labute approximate surface area is 210 Å². The summed E-state index contributed by atoms with van der Waals surface area (Å²) in [5, 5.41) is 14.2. The van der Waals surface area contributed by atoms with Crippen LogP contribution in [0.1, 0.15) is 16.7 Å². The summed E-state index contributed by atoms with van der Waals surface area (Å²) < 4.78 is 4.66. The van der Waals surface area contributed by atoms with Gasteiger partial charge in [-0.05, 0) is 50.3 Å². The molecule has 176 valence electrons. The van der Waals surface area contributed by atoms with Crippen molar-refractivity contribution in [2.45, 2.75) is 20.5 Å². The van der Waals surface area contributed by atoms with Gasteiger partial charge in [-0.25, -0.2) is 9.67 Å². The Morgan fingerprint density at radius 2 is 1.57 bits per heavy atom. The summed E-state index contributed by atoms with van der Waals surface area (Å²) in [6.07, 6.45) is 1.70. The molecule has 1 saturated heterocycles. The summed E-state index contributed by atoms with van der Waals surface area (Å²) in [5.41, 5.74) is 5.09. The standard InChI is InChI=1S/C27H27N7S/c1-20-3-7-23(8-4-20)26-30-33(27(35)34(26)24-9-5-21(2)6-10-24)19-31-13-15-32(16-14-31)25-17-22(18-28)11-12-29-25/h3-12,17H,13-16,19H2,1-2H3. The van der Waals surface area contributed by atoms with Crippen LogP contribution in [0.2, 0.25) is 0 Å². The van der Waals surface area contributed by atoms with E-state index in [1.165, 1.54) is 11.1 Å². The Kier molecular flexibility index (Phi) is 6.45. The highest BCUT2D eigenvalue weighted by molar-refractivity contribution is 7.71. The van der Waals surface area contributed by atoms with Gasteiger partial charge in [0.1, 0.15) is 5.82 Å². The molecule has 2 aromatic carbocycles. The highest BCUT2D eigenvalue weighted by Crippen LogP contribution is 2.24. The van der Waals surface area contributed by atoms with Gasteiger partial charge < -0.3 is 4.90 Å². The zero-order valence-corrected chi connectivity index (χ0v) is 20.7. The van der Waals surface area contributed by atoms with Gasteiger partial charge in [-0.2, -0.15) is 5.26 Å². The maximum absolute atomic E-state index is 9.18. The molecule has 0 spiro atoms. The van der Waals surface area contributed by atoms with Crippen molar-refractivity contribution in [2.24, 2.45) is 0 Å². The molecule has 0 bridgehead atoms. The van der Waals surface area contributed by atoms with E-state index in [0.717, 1.165) is 49.1 Å². The van der Waals surface area contributed by atoms with Crippen LogP contribution in [-0.4, -0.2) is 50.4 Å². The van der Waals surface area contributed by atoms with Crippen molar-refractivity contribution < 1.29 is 0 Å². The fourth-order valence-corrected chi connectivity index (χ4v) is 4.58. The number of nitrogens with zero attached hydrogens (tertiary/aromatic N) is 7. The summed E-state index contributed by atoms with van der Waals surface area (Å²) in [5.74, 6) is 1.70. The molecule has 4 aromatic rings. The molecule has 0 N–H and O–H groups in total. The summed E-state index contributed by atoms with van der Waals surface area (Å²) >= 11 is 5.94. The van der Waals surface area contributed by atoms with Crippen LogP contribution in [0.15, 0.2) is 66.9 Å². The van der Waals surface area contributed by atoms with Crippen molar-refractivity contribution in [1.82, 2.24) is 24.2 Å². The Balaban J connectivity index is 1.40. The molecule has 1 aliphatic heterocycles. The second kappa shape index (κ2) is 9.82. The zero-order valence-electron chi connectivity index (χ0n) is 19.9. The number of hydrogen-bond acceptors (Lipinski definition) is 6. The number of rotatable bonds is 5. The number of aryl methyl sites for hydroxylation is 2. The highest BCUT2D eigenvalue weighted by atomic mass is 32.1. The minimum Gasteiger partial charge on any atom is -0.354 e. The molecule has 3 heterocycles. The number of pyridine rings is 1. The van der Waals surface area contributed by atoms with E-state index in [-0.39, 0.29) is 0 Å². The third kappa shape index (κ3) is 4.87. The molecule has 0 saturated carbocycles. The smallest absolute Gasteiger partial charge is 0.204 e. The minimum atomic E-state index is 0.621. The molecule has 1 fully saturated rings. The number of nitriles is 1. The Hall–Kier alpha value is -3.80. The molecule has 2 aromatic heterocycles. The first-order valence-corrected chi connectivity index (χ1v) is 12.1. The van der Waals surface area contributed by atoms with E-state index in [1.807, 2.05) is 10.7 Å². The maximum Gasteiger partial charge on any atom is 0.204 e. The number of anilines is 1. The summed E-state index contributed by atoms with van der Waals surface area (Å²) in [6, 6.07) is 22.6. The van der Waals surface area contributed by atoms with Gasteiger partial charge in [0.15, 0.2) is 5.82 Å². The van der Waals surface area contributed by atoms with Crippen molar-refractivity contribution in [1.29, 1.82) is 5.26 Å². The lowest BCUT2D eigenvalue weighted by atomic mass is 10.1. The van der Waals surface area contributed by atoms with Crippen LogP contribution in [0, 0.1) is 29.9 Å². The van der Waals surface area contributed by atoms with Crippen LogP contribution in [0.25, 0.3) is 17.1 Å². The lowest BCUT2D eigenvalue weighted by Crippen LogP contribution is -2.47. The second-order valence-electron chi connectivity index (χ2n) is 8.90. The lowest BCUT2D eigenvalue weighted by molar-refractivity contribution is 0.194. The van der Waals surface area contributed by atoms with Gasteiger partial charge in [-0.3, -0.25) is 9.47 Å². The molecule has 0 radical (unpaired) electrons. The van der Waals surface area contributed by atoms with E-state index < -0.39 is 0 Å². The van der Waals surface area contributed by atoms with E-state index in [0.29, 0.717) is 17.0 Å². The Bertz CT molecular complexity index is 1420. The van der Waals surface area contributed by atoms with Crippen molar-refractivity contribution in [3.63, 3.8) is 0 Å². The van der Waals surface area contributed by atoms with Crippen LogP contribution < -0.4 is 4.90 Å². The predicted molar refractivity (Wildman–Crippen MR) is 140 cm³/mol. The average molecular weight is 482 g/mol. The van der Waals surface area contributed by atoms with Crippen LogP contribution in [-0.2, 0) is 6.67 Å². The fraction of sp³-hybridized carbons (Fsp3) is 0.259. The third-order valence-electron chi connectivity index (χ3n) is 6.35. The molecule has 0 atom stereocenters. The molecule has 0 aliphatic carbocycles. The number of hydrogen-bond donors (Lipinski definition) is 0. The molecular formula is C27H27N7S. The van der Waals surface area contributed by atoms with Crippen LogP contribution in [0.4, 0.5) is 5.82 Å². The number of benzene rings is 2. The summed E-state index contributed by atoms with van der Waals surface area (Å²) in [7, 11) is 0. The minimum absolute atomic E-state index is 0.621. The number of piperazine rings is 1. The first-order valence-electron chi connectivity index (χ1n) is 11.7. The molecule has 5 rings (SSSR count). The first-order chi connectivity index (χ1) is 17.0. The molecular weight excluding hydrogens is 454 g/mol. The number of aromatic nitrogens is 4. The molecule has 7 nitrogen and oxygen atoms in total. The fourth-order valence-electron chi connectivity index (χ4n) is 4.28. The predicted octanol–water partition coefficient (Wildman–Crippen LogP) is 4.73. The highest BCUT2D eigenvalue weighted by Gasteiger charge is 2.21. The molecule has 1 aliphatic rings. The van der Waals surface area contributed by atoms with Crippen molar-refractivity contribution in [3.8, 4) is 23.1 Å². The van der Waals surface area contributed by atoms with E-state index in [9.17, 15) is 5.26 Å². The third-order valence-corrected chi connectivity index (χ3v) is 6.74. The van der Waals surface area contributed by atoms with Gasteiger partial charge >= 0.3 is 0 Å². The van der Waals surface area contributed by atoms with E-state index >= 15 is 0 Å². The maximum atomic E-state index is 9.18. The Morgan fingerprint density at radius 3 is 2.23 bits per heavy atom. The van der Waals surface area contributed by atoms with E-state index in [4.69, 9.17) is 17.3 Å². The largest absolute Gasteiger partial charge is 0.354 e. The van der Waals surface area contributed by atoms with Crippen LogP contribution in [0.5, 0.6) is 0 Å². The van der Waals surface area contributed by atoms with E-state index in [2.05, 4.69) is 87.8 Å². The molecule has 35 heavy (non-hydrogen) atoms. The van der Waals surface area contributed by atoms with Gasteiger partial charge in [0.2, 0.25) is 4.77 Å². The van der Waals surface area contributed by atoms with Gasteiger partial charge in [-0.15, -0.1) is 5.10 Å². The molecule has 0 unspecified atom stereocenters. The van der Waals surface area contributed by atoms with Crippen molar-refractivity contribution in [2.75, 3.05) is 31.1 Å². The van der Waals surface area contributed by atoms with Gasteiger partial charge in [0, 0.05) is 43.6 Å². The SMILES string of the molecule is Cc1ccc(-c2nn(CN3CCN(c4cc(C#N)ccn4)CC3)c(=S)n2-c2ccc(C)cc2)cc1. The van der Waals surface area contributed by atoms with Crippen LogP contribution >= 0.6 is 12.2 Å². The monoisotopic (exact) mass is 481 g/mol. The van der Waals surface area contributed by atoms with E-state index in [1.54, 1.807) is 12.3 Å². The zero-order chi connectivity index (χ0) is 24.4. The topological polar surface area (TPSA) is 65.9 Å². The van der Waals surface area contributed by atoms with Gasteiger partial charge in [0.25, 0.3) is 0 Å².